The van der Waals surface area contributed by atoms with E-state index in [0.717, 1.165) is 32.6 Å². The molecule has 1 aromatic carbocycles. The predicted octanol–water partition coefficient (Wildman–Crippen LogP) is 3.51. The molecule has 1 aromatic rings. The van der Waals surface area contributed by atoms with Gasteiger partial charge >= 0.3 is 0 Å². The van der Waals surface area contributed by atoms with Crippen LogP contribution in [0.2, 0.25) is 0 Å². The Balaban J connectivity index is 2.76. The summed E-state index contributed by atoms with van der Waals surface area (Å²) in [6.45, 7) is 8.04. The van der Waals surface area contributed by atoms with Crippen molar-refractivity contribution in [1.82, 2.24) is 0 Å². The normalized spacial score (nSPS) is 19.3. The molecule has 0 N–H and O–H groups in total. The fourth-order valence-corrected chi connectivity index (χ4v) is 2.85. The molecule has 0 aromatic heterocycles. The standard InChI is InChI=1S/C14H18BrNO2/c1-7-6-11(17)16(5)13-9(3)8(2)12(15)10(4)14(13)18-7/h7H,6H2,1-5H3. The number of carbonyl (C=O) groups excluding carboxylic acids is 1. The van der Waals surface area contributed by atoms with Crippen LogP contribution in [-0.2, 0) is 4.79 Å². The first-order valence-electron chi connectivity index (χ1n) is 6.07. The van der Waals surface area contributed by atoms with Crippen LogP contribution in [0.15, 0.2) is 4.47 Å². The Bertz CT molecular complexity index is 525. The predicted molar refractivity (Wildman–Crippen MR) is 76.5 cm³/mol. The summed E-state index contributed by atoms with van der Waals surface area (Å²) < 4.78 is 7.02. The number of ether oxygens (including phenoxy) is 1. The minimum atomic E-state index is -0.0890. The summed E-state index contributed by atoms with van der Waals surface area (Å²) in [5.74, 6) is 0.927. The zero-order valence-electron chi connectivity index (χ0n) is 11.4. The van der Waals surface area contributed by atoms with Crippen LogP contribution in [0.3, 0.4) is 0 Å². The van der Waals surface area contributed by atoms with Crippen molar-refractivity contribution in [3.63, 3.8) is 0 Å². The van der Waals surface area contributed by atoms with Crippen molar-refractivity contribution in [2.45, 2.75) is 40.2 Å². The highest BCUT2D eigenvalue weighted by Gasteiger charge is 2.29. The van der Waals surface area contributed by atoms with Crippen LogP contribution in [0.4, 0.5) is 5.69 Å². The average molecular weight is 312 g/mol. The summed E-state index contributed by atoms with van der Waals surface area (Å²) in [7, 11) is 1.82. The Morgan fingerprint density at radius 2 is 1.83 bits per heavy atom. The maximum Gasteiger partial charge on any atom is 0.230 e. The van der Waals surface area contributed by atoms with Crippen LogP contribution >= 0.6 is 15.9 Å². The fourth-order valence-electron chi connectivity index (χ4n) is 2.37. The third-order valence-corrected chi connectivity index (χ3v) is 4.81. The lowest BCUT2D eigenvalue weighted by atomic mass is 10.0. The third kappa shape index (κ3) is 1.92. The third-order valence-electron chi connectivity index (χ3n) is 3.62. The van der Waals surface area contributed by atoms with Crippen LogP contribution in [0, 0.1) is 20.8 Å². The number of fused-ring (bicyclic) bond motifs is 1. The number of benzene rings is 1. The number of rotatable bonds is 0. The van der Waals surface area contributed by atoms with Gasteiger partial charge in [0.15, 0.2) is 0 Å². The first-order valence-corrected chi connectivity index (χ1v) is 6.86. The molecule has 98 valence electrons. The molecule has 0 saturated heterocycles. The second kappa shape index (κ2) is 4.57. The van der Waals surface area contributed by atoms with Crippen molar-refractivity contribution in [3.05, 3.63) is 21.2 Å². The molecular formula is C14H18BrNO2. The summed E-state index contributed by atoms with van der Waals surface area (Å²) in [6, 6.07) is 0. The van der Waals surface area contributed by atoms with E-state index in [-0.39, 0.29) is 12.0 Å². The van der Waals surface area contributed by atoms with E-state index in [0.29, 0.717) is 6.42 Å². The van der Waals surface area contributed by atoms with Gasteiger partial charge < -0.3 is 9.64 Å². The van der Waals surface area contributed by atoms with E-state index in [4.69, 9.17) is 4.74 Å². The number of halogens is 1. The number of hydrogen-bond acceptors (Lipinski definition) is 2. The first kappa shape index (κ1) is 13.4. The fraction of sp³-hybridized carbons (Fsp3) is 0.500. The highest BCUT2D eigenvalue weighted by molar-refractivity contribution is 9.10. The molecule has 1 aliphatic rings. The van der Waals surface area contributed by atoms with E-state index in [1.165, 1.54) is 0 Å². The lowest BCUT2D eigenvalue weighted by molar-refractivity contribution is -0.119. The highest BCUT2D eigenvalue weighted by Crippen LogP contribution is 2.43. The largest absolute Gasteiger partial charge is 0.488 e. The van der Waals surface area contributed by atoms with Crippen molar-refractivity contribution >= 4 is 27.5 Å². The maximum atomic E-state index is 12.1. The maximum absolute atomic E-state index is 12.1. The topological polar surface area (TPSA) is 29.5 Å². The quantitative estimate of drug-likeness (QED) is 0.734. The minimum absolute atomic E-state index is 0.0890. The van der Waals surface area contributed by atoms with Crippen LogP contribution < -0.4 is 9.64 Å². The van der Waals surface area contributed by atoms with Crippen LogP contribution in [0.1, 0.15) is 30.0 Å². The Morgan fingerprint density at radius 3 is 2.44 bits per heavy atom. The molecule has 1 unspecified atom stereocenters. The van der Waals surface area contributed by atoms with Crippen LogP contribution in [-0.4, -0.2) is 19.1 Å². The molecule has 0 bridgehead atoms. The Kier molecular flexibility index (Phi) is 3.41. The van der Waals surface area contributed by atoms with Gasteiger partial charge in [-0.25, -0.2) is 0 Å². The summed E-state index contributed by atoms with van der Waals surface area (Å²) in [6.07, 6.45) is 0.328. The van der Waals surface area contributed by atoms with Gasteiger partial charge in [-0.05, 0) is 38.8 Å². The number of amides is 1. The van der Waals surface area contributed by atoms with Crippen molar-refractivity contribution in [2.24, 2.45) is 0 Å². The summed E-state index contributed by atoms with van der Waals surface area (Å²) in [5.41, 5.74) is 4.21. The molecule has 0 spiro atoms. The van der Waals surface area contributed by atoms with Gasteiger partial charge in [-0.2, -0.15) is 0 Å². The number of hydrogen-bond donors (Lipinski definition) is 0. The van der Waals surface area contributed by atoms with E-state index < -0.39 is 0 Å². The molecular weight excluding hydrogens is 294 g/mol. The van der Waals surface area contributed by atoms with Gasteiger partial charge in [0.1, 0.15) is 11.9 Å². The number of carbonyl (C=O) groups is 1. The lowest BCUT2D eigenvalue weighted by Gasteiger charge is -2.23. The van der Waals surface area contributed by atoms with Crippen LogP contribution in [0.5, 0.6) is 5.75 Å². The number of nitrogens with zero attached hydrogens (tertiary/aromatic N) is 1. The van der Waals surface area contributed by atoms with E-state index >= 15 is 0 Å². The van der Waals surface area contributed by atoms with E-state index in [2.05, 4.69) is 22.9 Å². The van der Waals surface area contributed by atoms with Crippen molar-refractivity contribution in [3.8, 4) is 5.75 Å². The van der Waals surface area contributed by atoms with Gasteiger partial charge in [0.25, 0.3) is 0 Å². The molecule has 0 radical (unpaired) electrons. The van der Waals surface area contributed by atoms with Crippen molar-refractivity contribution in [1.29, 1.82) is 0 Å². The van der Waals surface area contributed by atoms with Gasteiger partial charge in [-0.1, -0.05) is 15.9 Å². The monoisotopic (exact) mass is 311 g/mol. The molecule has 18 heavy (non-hydrogen) atoms. The van der Waals surface area contributed by atoms with E-state index in [1.807, 2.05) is 27.8 Å². The summed E-state index contributed by atoms with van der Waals surface area (Å²) >= 11 is 3.61. The van der Waals surface area contributed by atoms with E-state index in [9.17, 15) is 4.79 Å². The molecule has 2 rings (SSSR count). The van der Waals surface area contributed by atoms with Gasteiger partial charge in [-0.15, -0.1) is 0 Å². The zero-order valence-corrected chi connectivity index (χ0v) is 13.0. The summed E-state index contributed by atoms with van der Waals surface area (Å²) in [4.78, 5) is 13.8. The molecule has 1 heterocycles. The molecule has 4 heteroatoms. The minimum Gasteiger partial charge on any atom is -0.488 e. The molecule has 1 amide bonds. The van der Waals surface area contributed by atoms with Gasteiger partial charge in [0.2, 0.25) is 5.91 Å². The molecule has 0 saturated carbocycles. The van der Waals surface area contributed by atoms with E-state index in [1.54, 1.807) is 4.90 Å². The van der Waals surface area contributed by atoms with Gasteiger partial charge in [0, 0.05) is 17.1 Å². The SMILES string of the molecule is Cc1c(C)c2c(c(C)c1Br)OC(C)CC(=O)N2C. The Morgan fingerprint density at radius 1 is 1.22 bits per heavy atom. The molecule has 1 atom stereocenters. The highest BCUT2D eigenvalue weighted by atomic mass is 79.9. The molecule has 3 nitrogen and oxygen atoms in total. The zero-order chi connectivity index (χ0) is 13.6. The Labute approximate surface area is 116 Å². The summed E-state index contributed by atoms with van der Waals surface area (Å²) in [5, 5.41) is 0. The van der Waals surface area contributed by atoms with Gasteiger partial charge in [-0.3, -0.25) is 4.79 Å². The molecule has 0 aliphatic carbocycles. The average Bonchev–Trinajstić information content (AvgIpc) is 2.42. The second-order valence-electron chi connectivity index (χ2n) is 4.95. The molecule has 0 fully saturated rings. The molecule has 1 aliphatic heterocycles. The number of anilines is 1. The second-order valence-corrected chi connectivity index (χ2v) is 5.75. The van der Waals surface area contributed by atoms with Crippen molar-refractivity contribution in [2.75, 3.05) is 11.9 Å². The smallest absolute Gasteiger partial charge is 0.230 e. The Hall–Kier alpha value is -1.03. The van der Waals surface area contributed by atoms with Gasteiger partial charge in [0.05, 0.1) is 12.1 Å². The van der Waals surface area contributed by atoms with Crippen molar-refractivity contribution < 1.29 is 9.53 Å². The first-order chi connectivity index (χ1) is 8.34. The lowest BCUT2D eigenvalue weighted by Crippen LogP contribution is -2.27. The van der Waals surface area contributed by atoms with Crippen LogP contribution in [0.25, 0.3) is 0 Å².